The number of carbonyl (C=O) groups is 2. The summed E-state index contributed by atoms with van der Waals surface area (Å²) in [6, 6.07) is 10.7. The molecule has 3 aromatic rings. The molecule has 1 atom stereocenters. The molecule has 0 bridgehead atoms. The van der Waals surface area contributed by atoms with Crippen LogP contribution in [-0.4, -0.2) is 33.6 Å². The minimum absolute atomic E-state index is 0.0978. The minimum Gasteiger partial charge on any atom is -0.320 e. The van der Waals surface area contributed by atoms with Gasteiger partial charge in [-0.3, -0.25) is 4.79 Å². The molecule has 30 heavy (non-hydrogen) atoms. The number of hydrogen-bond acceptors (Lipinski definition) is 5. The minimum atomic E-state index is -0.520. The number of rotatable bonds is 4. The first-order chi connectivity index (χ1) is 14.5. The summed E-state index contributed by atoms with van der Waals surface area (Å²) < 4.78 is 27.1. The molecular formula is C20H17F2N5O2S. The largest absolute Gasteiger partial charge is 0.322 e. The summed E-state index contributed by atoms with van der Waals surface area (Å²) in [4.78, 5) is 26.6. The van der Waals surface area contributed by atoms with Gasteiger partial charge in [-0.25, -0.2) is 13.6 Å². The number of aromatic nitrogens is 2. The van der Waals surface area contributed by atoms with E-state index in [1.54, 1.807) is 23.1 Å². The molecule has 0 spiro atoms. The topological polar surface area (TPSA) is 87.2 Å². The average molecular weight is 429 g/mol. The van der Waals surface area contributed by atoms with Crippen LogP contribution in [0.2, 0.25) is 0 Å². The van der Waals surface area contributed by atoms with Crippen LogP contribution in [0.4, 0.5) is 25.0 Å². The number of nitrogens with zero attached hydrogens (tertiary/aromatic N) is 3. The van der Waals surface area contributed by atoms with Gasteiger partial charge in [-0.15, -0.1) is 10.2 Å². The Labute approximate surface area is 174 Å². The molecule has 0 radical (unpaired) electrons. The van der Waals surface area contributed by atoms with Gasteiger partial charge in [0.15, 0.2) is 0 Å². The molecule has 0 aliphatic carbocycles. The van der Waals surface area contributed by atoms with Gasteiger partial charge in [-0.2, -0.15) is 0 Å². The molecule has 10 heteroatoms. The molecular weight excluding hydrogens is 412 g/mol. The molecule has 1 saturated heterocycles. The molecule has 0 saturated carbocycles. The Balaban J connectivity index is 1.46. The first kappa shape index (κ1) is 19.9. The van der Waals surface area contributed by atoms with Gasteiger partial charge in [-0.05, 0) is 43.2 Å². The van der Waals surface area contributed by atoms with Gasteiger partial charge in [0, 0.05) is 12.2 Å². The van der Waals surface area contributed by atoms with E-state index in [0.29, 0.717) is 23.7 Å². The van der Waals surface area contributed by atoms with Gasteiger partial charge in [0.1, 0.15) is 16.6 Å². The van der Waals surface area contributed by atoms with Crippen molar-refractivity contribution in [2.75, 3.05) is 17.2 Å². The van der Waals surface area contributed by atoms with Crippen molar-refractivity contribution in [2.45, 2.75) is 18.9 Å². The highest BCUT2D eigenvalue weighted by Gasteiger charge is 2.33. The Morgan fingerprint density at radius 3 is 2.70 bits per heavy atom. The number of anilines is 2. The number of carbonyl (C=O) groups excluding carboxylic acids is 2. The van der Waals surface area contributed by atoms with E-state index in [0.717, 1.165) is 17.8 Å². The summed E-state index contributed by atoms with van der Waals surface area (Å²) >= 11 is 1.07. The van der Waals surface area contributed by atoms with Crippen molar-refractivity contribution in [3.8, 4) is 0 Å². The number of halogens is 2. The fraction of sp³-hybridized carbons (Fsp3) is 0.200. The lowest BCUT2D eigenvalue weighted by molar-refractivity contribution is 0.102. The standard InChI is InChI=1S/C20H17F2N5O2S/c21-12-5-3-6-13(11-12)23-17(28)19-26-25-18(30-19)16-9-4-10-27(16)20(29)24-15-8-2-1-7-14(15)22/h1-3,5-8,11,16H,4,9-10H2,(H,23,28)(H,24,29)/t16-/m1/s1. The predicted octanol–water partition coefficient (Wildman–Crippen LogP) is 4.44. The van der Waals surface area contributed by atoms with E-state index in [4.69, 9.17) is 0 Å². The van der Waals surface area contributed by atoms with Crippen molar-refractivity contribution in [3.05, 3.63) is 70.2 Å². The molecule has 1 aromatic heterocycles. The Morgan fingerprint density at radius 1 is 1.07 bits per heavy atom. The smallest absolute Gasteiger partial charge is 0.320 e. The second-order valence-electron chi connectivity index (χ2n) is 6.67. The van der Waals surface area contributed by atoms with E-state index in [9.17, 15) is 18.4 Å². The Morgan fingerprint density at radius 2 is 1.90 bits per heavy atom. The van der Waals surface area contributed by atoms with Gasteiger partial charge in [0.25, 0.3) is 5.91 Å². The maximum atomic E-state index is 13.8. The lowest BCUT2D eigenvalue weighted by Gasteiger charge is -2.23. The highest BCUT2D eigenvalue weighted by Crippen LogP contribution is 2.34. The van der Waals surface area contributed by atoms with Gasteiger partial charge in [0.05, 0.1) is 11.7 Å². The monoisotopic (exact) mass is 429 g/mol. The van der Waals surface area contributed by atoms with Crippen molar-refractivity contribution < 1.29 is 18.4 Å². The molecule has 1 aliphatic heterocycles. The van der Waals surface area contributed by atoms with Crippen LogP contribution in [0.1, 0.15) is 33.7 Å². The zero-order chi connectivity index (χ0) is 21.1. The van der Waals surface area contributed by atoms with Crippen LogP contribution in [0.5, 0.6) is 0 Å². The number of benzene rings is 2. The average Bonchev–Trinajstić information content (AvgIpc) is 3.39. The quantitative estimate of drug-likeness (QED) is 0.642. The third-order valence-corrected chi connectivity index (χ3v) is 5.65. The highest BCUT2D eigenvalue weighted by molar-refractivity contribution is 7.13. The molecule has 154 valence electrons. The highest BCUT2D eigenvalue weighted by atomic mass is 32.1. The van der Waals surface area contributed by atoms with Gasteiger partial charge < -0.3 is 15.5 Å². The van der Waals surface area contributed by atoms with Crippen LogP contribution in [0, 0.1) is 11.6 Å². The van der Waals surface area contributed by atoms with Crippen LogP contribution in [0.15, 0.2) is 48.5 Å². The number of likely N-dealkylation sites (tertiary alicyclic amines) is 1. The summed E-state index contributed by atoms with van der Waals surface area (Å²) in [6.07, 6.45) is 1.41. The molecule has 4 rings (SSSR count). The number of urea groups is 1. The molecule has 2 aromatic carbocycles. The SMILES string of the molecule is O=C(Nc1cccc(F)c1)c1nnc([C@H]2CCCN2C(=O)Nc2ccccc2F)s1. The second kappa shape index (κ2) is 8.54. The second-order valence-corrected chi connectivity index (χ2v) is 7.68. The molecule has 2 heterocycles. The Hall–Kier alpha value is -3.40. The van der Waals surface area contributed by atoms with E-state index < -0.39 is 23.6 Å². The summed E-state index contributed by atoms with van der Waals surface area (Å²) in [5.41, 5.74) is 0.407. The zero-order valence-electron chi connectivity index (χ0n) is 15.6. The molecule has 3 amide bonds. The number of hydrogen-bond donors (Lipinski definition) is 2. The third kappa shape index (κ3) is 4.28. The molecule has 1 fully saturated rings. The van der Waals surface area contributed by atoms with Crippen LogP contribution in [0.25, 0.3) is 0 Å². The van der Waals surface area contributed by atoms with Gasteiger partial charge >= 0.3 is 6.03 Å². The van der Waals surface area contributed by atoms with Crippen LogP contribution >= 0.6 is 11.3 Å². The van der Waals surface area contributed by atoms with Crippen LogP contribution in [-0.2, 0) is 0 Å². The fourth-order valence-corrected chi connectivity index (χ4v) is 4.11. The summed E-state index contributed by atoms with van der Waals surface area (Å²) in [6.45, 7) is 0.482. The van der Waals surface area contributed by atoms with Crippen LogP contribution in [0.3, 0.4) is 0 Å². The number of amides is 3. The van der Waals surface area contributed by atoms with E-state index in [-0.39, 0.29) is 16.7 Å². The van der Waals surface area contributed by atoms with Crippen molar-refractivity contribution in [2.24, 2.45) is 0 Å². The van der Waals surface area contributed by atoms with E-state index in [1.807, 2.05) is 0 Å². The van der Waals surface area contributed by atoms with Crippen molar-refractivity contribution in [3.63, 3.8) is 0 Å². The summed E-state index contributed by atoms with van der Waals surface area (Å²) in [7, 11) is 0. The van der Waals surface area contributed by atoms with E-state index in [2.05, 4.69) is 20.8 Å². The Kier molecular flexibility index (Phi) is 5.66. The molecule has 2 N–H and O–H groups in total. The number of nitrogens with one attached hydrogen (secondary N) is 2. The summed E-state index contributed by atoms with van der Waals surface area (Å²) in [5, 5.41) is 13.8. The normalized spacial score (nSPS) is 15.8. The lowest BCUT2D eigenvalue weighted by Crippen LogP contribution is -2.34. The first-order valence-electron chi connectivity index (χ1n) is 9.24. The Bertz CT molecular complexity index is 1090. The van der Waals surface area contributed by atoms with Gasteiger partial charge in [-0.1, -0.05) is 29.5 Å². The van der Waals surface area contributed by atoms with E-state index in [1.165, 1.54) is 30.3 Å². The van der Waals surface area contributed by atoms with Crippen molar-refractivity contribution in [1.29, 1.82) is 0 Å². The number of para-hydroxylation sites is 1. The fourth-order valence-electron chi connectivity index (χ4n) is 3.23. The van der Waals surface area contributed by atoms with Crippen LogP contribution < -0.4 is 10.6 Å². The predicted molar refractivity (Wildman–Crippen MR) is 108 cm³/mol. The molecule has 0 unspecified atom stereocenters. The zero-order valence-corrected chi connectivity index (χ0v) is 16.5. The molecule has 7 nitrogen and oxygen atoms in total. The first-order valence-corrected chi connectivity index (χ1v) is 10.1. The summed E-state index contributed by atoms with van der Waals surface area (Å²) in [5.74, 6) is -1.49. The van der Waals surface area contributed by atoms with Crippen molar-refractivity contribution in [1.82, 2.24) is 15.1 Å². The maximum Gasteiger partial charge on any atom is 0.322 e. The van der Waals surface area contributed by atoms with Crippen molar-refractivity contribution >= 4 is 34.6 Å². The molecule has 1 aliphatic rings. The lowest BCUT2D eigenvalue weighted by atomic mass is 10.2. The van der Waals surface area contributed by atoms with E-state index >= 15 is 0 Å². The maximum absolute atomic E-state index is 13.8. The third-order valence-electron chi connectivity index (χ3n) is 4.63. The van der Waals surface area contributed by atoms with Gasteiger partial charge in [0.2, 0.25) is 5.01 Å².